The van der Waals surface area contributed by atoms with Crippen molar-refractivity contribution in [1.29, 1.82) is 0 Å². The predicted octanol–water partition coefficient (Wildman–Crippen LogP) is 18.3. The molecular weight excluding hydrogens is 1140 g/mol. The molecule has 0 fully saturated rings. The highest BCUT2D eigenvalue weighted by Crippen LogP contribution is 2.51. The van der Waals surface area contributed by atoms with Crippen LogP contribution in [0.2, 0.25) is 19.6 Å². The first kappa shape index (κ1) is 54.7. The number of anilines is 15. The van der Waals surface area contributed by atoms with Crippen molar-refractivity contribution in [3.05, 3.63) is 315 Å². The Labute approximate surface area is 545 Å². The standard InChI is InChI=1S/C84H63B2N5OSi/c1-56-38-40-64(41-39-56)89-75-36-22-20-34-71(75)85-73-54-74-80(55-77(73)91(63-32-18-9-19-33-63)83-69-48-44-66(50-57(69)52-78(89)81(83)85)87(59-24-10-5-11-25-59)60-26-12-6-13-27-60)92-84-70-49-45-67(88(61-28-14-7-15-29-61)62-30-16-8-17-31-62)51-58(70)53-79-82(84)86(74)72-35-21-23-37-76(72)90(79)65-42-46-68(47-43-65)93(2,3)4/h5-55H,1-4H3. The Morgan fingerprint density at radius 3 is 1.27 bits per heavy atom. The number of benzene rings is 14. The van der Waals surface area contributed by atoms with Gasteiger partial charge in [-0.25, -0.2) is 0 Å². The van der Waals surface area contributed by atoms with E-state index in [4.69, 9.17) is 4.74 Å². The van der Waals surface area contributed by atoms with Crippen LogP contribution in [0.3, 0.4) is 0 Å². The lowest BCUT2D eigenvalue weighted by Crippen LogP contribution is -2.64. The molecule has 18 rings (SSSR count). The summed E-state index contributed by atoms with van der Waals surface area (Å²) in [6.07, 6.45) is 0. The topological polar surface area (TPSA) is 25.4 Å². The van der Waals surface area contributed by atoms with E-state index in [1.165, 1.54) is 43.8 Å². The molecule has 4 aliphatic heterocycles. The fourth-order valence-electron chi connectivity index (χ4n) is 15.4. The van der Waals surface area contributed by atoms with Gasteiger partial charge in [0.1, 0.15) is 11.5 Å². The molecule has 0 radical (unpaired) electrons. The highest BCUT2D eigenvalue weighted by Gasteiger charge is 2.48. The molecule has 14 aromatic carbocycles. The van der Waals surface area contributed by atoms with E-state index in [0.29, 0.717) is 0 Å². The maximum absolute atomic E-state index is 7.91. The van der Waals surface area contributed by atoms with Crippen LogP contribution in [0.4, 0.5) is 85.3 Å². The molecule has 0 saturated heterocycles. The second kappa shape index (κ2) is 21.4. The molecule has 6 nitrogen and oxygen atoms in total. The molecule has 0 aliphatic carbocycles. The summed E-state index contributed by atoms with van der Waals surface area (Å²) in [5, 5.41) is 5.88. The zero-order valence-corrected chi connectivity index (χ0v) is 53.2. The van der Waals surface area contributed by atoms with Gasteiger partial charge in [-0.15, -0.1) is 0 Å². The summed E-state index contributed by atoms with van der Waals surface area (Å²) >= 11 is 0. The number of hydrogen-bond donors (Lipinski definition) is 0. The van der Waals surface area contributed by atoms with Crippen LogP contribution in [-0.4, -0.2) is 21.5 Å². The Morgan fingerprint density at radius 1 is 0.323 bits per heavy atom. The average molecular weight is 1210 g/mol. The lowest BCUT2D eigenvalue weighted by molar-refractivity contribution is 0.493. The van der Waals surface area contributed by atoms with Gasteiger partial charge >= 0.3 is 0 Å². The summed E-state index contributed by atoms with van der Waals surface area (Å²) in [5.74, 6) is 1.74. The number of rotatable bonds is 10. The third-order valence-corrected chi connectivity index (χ3v) is 21.6. The Kier molecular flexibility index (Phi) is 12.6. The molecule has 440 valence electrons. The Morgan fingerprint density at radius 2 is 0.753 bits per heavy atom. The van der Waals surface area contributed by atoms with Crippen molar-refractivity contribution in [3.63, 3.8) is 0 Å². The van der Waals surface area contributed by atoms with Crippen LogP contribution in [0.1, 0.15) is 5.56 Å². The summed E-state index contributed by atoms with van der Waals surface area (Å²) in [7, 11) is -1.62. The second-order valence-electron chi connectivity index (χ2n) is 26.1. The van der Waals surface area contributed by atoms with Gasteiger partial charge in [-0.1, -0.05) is 194 Å². The molecule has 93 heavy (non-hydrogen) atoms. The van der Waals surface area contributed by atoms with Crippen molar-refractivity contribution in [2.75, 3.05) is 24.5 Å². The minimum atomic E-state index is -1.62. The SMILES string of the molecule is Cc1ccc(N2c3ccccc3B3c4cc5c(cc4N(c4ccccc4)c4c3c2cc2cc(N(c3ccccc3)c3ccccc3)ccc42)Oc2c3c(cc4cc(N(c6ccccc6)c6ccccc6)ccc24)N(c2ccc([Si](C)(C)C)cc2)c2ccccc2B53)cc1. The van der Waals surface area contributed by atoms with E-state index >= 15 is 0 Å². The molecule has 9 heteroatoms. The molecule has 0 saturated carbocycles. The van der Waals surface area contributed by atoms with Crippen LogP contribution in [0.5, 0.6) is 11.5 Å². The van der Waals surface area contributed by atoms with Gasteiger partial charge in [0.25, 0.3) is 13.4 Å². The summed E-state index contributed by atoms with van der Waals surface area (Å²) in [6.45, 7) is 9.13. The number of fused-ring (bicyclic) bond motifs is 12. The average Bonchev–Trinajstić information content (AvgIpc) is 0.689. The van der Waals surface area contributed by atoms with E-state index in [0.717, 1.165) is 118 Å². The van der Waals surface area contributed by atoms with Crippen molar-refractivity contribution in [1.82, 2.24) is 0 Å². The highest BCUT2D eigenvalue weighted by atomic mass is 28.3. The Bertz CT molecular complexity index is 5190. The van der Waals surface area contributed by atoms with Crippen LogP contribution in [0, 0.1) is 6.92 Å². The van der Waals surface area contributed by atoms with Gasteiger partial charge in [-0.2, -0.15) is 0 Å². The molecule has 14 aromatic rings. The molecule has 4 heterocycles. The molecule has 0 atom stereocenters. The maximum Gasteiger partial charge on any atom is 0.256 e. The van der Waals surface area contributed by atoms with E-state index in [2.05, 4.69) is 360 Å². The number of ether oxygens (including phenoxy) is 1. The molecule has 0 aromatic heterocycles. The van der Waals surface area contributed by atoms with Crippen LogP contribution in [0.15, 0.2) is 309 Å². The smallest absolute Gasteiger partial charge is 0.256 e. The molecule has 0 amide bonds. The molecule has 0 bridgehead atoms. The van der Waals surface area contributed by atoms with Crippen LogP contribution in [-0.2, 0) is 0 Å². The minimum Gasteiger partial charge on any atom is -0.458 e. The Balaban J connectivity index is 0.906. The maximum atomic E-state index is 7.91. The zero-order valence-electron chi connectivity index (χ0n) is 52.2. The lowest BCUT2D eigenvalue weighted by Gasteiger charge is -2.46. The Hall–Kier alpha value is -11.3. The van der Waals surface area contributed by atoms with Gasteiger partial charge < -0.3 is 29.2 Å². The van der Waals surface area contributed by atoms with E-state index in [9.17, 15) is 0 Å². The fraction of sp³-hybridized carbons (Fsp3) is 0.0476. The number of hydrogen-bond acceptors (Lipinski definition) is 6. The molecule has 0 N–H and O–H groups in total. The molecule has 0 unspecified atom stereocenters. The minimum absolute atomic E-state index is 0.157. The van der Waals surface area contributed by atoms with Crippen LogP contribution >= 0.6 is 0 Å². The highest BCUT2D eigenvalue weighted by molar-refractivity contribution is 7.03. The van der Waals surface area contributed by atoms with Gasteiger partial charge in [0, 0.05) is 96.5 Å². The van der Waals surface area contributed by atoms with Crippen molar-refractivity contribution >= 4 is 166 Å². The van der Waals surface area contributed by atoms with Crippen LogP contribution < -0.4 is 67.2 Å². The summed E-state index contributed by atoms with van der Waals surface area (Å²) in [5.41, 5.74) is 25.2. The summed E-state index contributed by atoms with van der Waals surface area (Å²) in [4.78, 5) is 12.3. The number of para-hydroxylation sites is 7. The molecule has 0 spiro atoms. The van der Waals surface area contributed by atoms with E-state index in [1.54, 1.807) is 0 Å². The summed E-state index contributed by atoms with van der Waals surface area (Å²) in [6, 6.07) is 115. The molecular formula is C84H63B2N5OSi. The van der Waals surface area contributed by atoms with E-state index < -0.39 is 8.07 Å². The van der Waals surface area contributed by atoms with Crippen molar-refractivity contribution in [2.24, 2.45) is 0 Å². The summed E-state index contributed by atoms with van der Waals surface area (Å²) < 4.78 is 7.91. The zero-order chi connectivity index (χ0) is 62.1. The van der Waals surface area contributed by atoms with Crippen molar-refractivity contribution in [2.45, 2.75) is 26.6 Å². The molecule has 4 aliphatic rings. The number of aryl methyl sites for hydroxylation is 1. The monoisotopic (exact) mass is 1210 g/mol. The first-order valence-corrected chi connectivity index (χ1v) is 35.9. The van der Waals surface area contributed by atoms with Crippen molar-refractivity contribution in [3.8, 4) is 11.5 Å². The third-order valence-electron chi connectivity index (χ3n) is 19.6. The van der Waals surface area contributed by atoms with Gasteiger partial charge in [-0.05, 0) is 190 Å². The van der Waals surface area contributed by atoms with Crippen LogP contribution in [0.25, 0.3) is 21.5 Å². The van der Waals surface area contributed by atoms with E-state index in [-0.39, 0.29) is 13.4 Å². The van der Waals surface area contributed by atoms with Gasteiger partial charge in [-0.3, -0.25) is 0 Å². The second-order valence-corrected chi connectivity index (χ2v) is 31.2. The normalized spacial score (nSPS) is 13.1. The van der Waals surface area contributed by atoms with Gasteiger partial charge in [0.15, 0.2) is 0 Å². The fourth-order valence-corrected chi connectivity index (χ4v) is 16.5. The van der Waals surface area contributed by atoms with Gasteiger partial charge in [0.05, 0.1) is 13.8 Å². The first-order valence-electron chi connectivity index (χ1n) is 32.4. The van der Waals surface area contributed by atoms with E-state index in [1.807, 2.05) is 0 Å². The predicted molar refractivity (Wildman–Crippen MR) is 398 cm³/mol. The van der Waals surface area contributed by atoms with Crippen molar-refractivity contribution < 1.29 is 4.74 Å². The number of nitrogens with zero attached hydrogens (tertiary/aromatic N) is 5. The largest absolute Gasteiger partial charge is 0.458 e. The quantitative estimate of drug-likeness (QED) is 0.127. The van der Waals surface area contributed by atoms with Gasteiger partial charge in [0.2, 0.25) is 0 Å². The lowest BCUT2D eigenvalue weighted by atomic mass is 9.30. The third kappa shape index (κ3) is 8.78. The first-order chi connectivity index (χ1) is 45.7.